The van der Waals surface area contributed by atoms with Gasteiger partial charge in [-0.05, 0) is 30.5 Å². The summed E-state index contributed by atoms with van der Waals surface area (Å²) < 4.78 is 0. The number of Topliss-reactive ketones (excluding diaryl/α,β-unsaturated/α-hetero) is 1. The van der Waals surface area contributed by atoms with E-state index < -0.39 is 0 Å². The van der Waals surface area contributed by atoms with Crippen molar-refractivity contribution in [3.63, 3.8) is 0 Å². The zero-order chi connectivity index (χ0) is 13.0. The molecular formula is C17H16O. The van der Waals surface area contributed by atoms with Gasteiger partial charge in [0.25, 0.3) is 0 Å². The van der Waals surface area contributed by atoms with Crippen molar-refractivity contribution in [1.29, 1.82) is 0 Å². The molecule has 0 saturated heterocycles. The van der Waals surface area contributed by atoms with Crippen LogP contribution >= 0.6 is 0 Å². The monoisotopic (exact) mass is 236 g/mol. The molecule has 2 rings (SSSR count). The van der Waals surface area contributed by atoms with E-state index in [9.17, 15) is 4.79 Å². The molecule has 18 heavy (non-hydrogen) atoms. The number of carbonyl (C=O) groups excluding carboxylic acids is 1. The summed E-state index contributed by atoms with van der Waals surface area (Å²) in [5, 5.41) is 0. The molecule has 90 valence electrons. The molecule has 1 heteroatoms. The number of ketones is 1. The van der Waals surface area contributed by atoms with Crippen LogP contribution in [0, 0.1) is 0 Å². The number of benzene rings is 2. The van der Waals surface area contributed by atoms with E-state index in [1.54, 1.807) is 6.92 Å². The minimum Gasteiger partial charge on any atom is -0.294 e. The Morgan fingerprint density at radius 2 is 1.50 bits per heavy atom. The minimum atomic E-state index is 0.0997. The highest BCUT2D eigenvalue weighted by atomic mass is 16.1. The normalized spacial score (nSPS) is 11.3. The van der Waals surface area contributed by atoms with Crippen molar-refractivity contribution in [2.75, 3.05) is 0 Å². The van der Waals surface area contributed by atoms with Gasteiger partial charge in [-0.25, -0.2) is 0 Å². The van der Waals surface area contributed by atoms with Gasteiger partial charge in [-0.1, -0.05) is 60.7 Å². The summed E-state index contributed by atoms with van der Waals surface area (Å²) in [6, 6.07) is 17.9. The summed E-state index contributed by atoms with van der Waals surface area (Å²) in [5.41, 5.74) is 4.08. The molecule has 0 unspecified atom stereocenters. The number of carbonyl (C=O) groups is 1. The number of rotatable bonds is 3. The van der Waals surface area contributed by atoms with Gasteiger partial charge in [0.1, 0.15) is 0 Å². The van der Waals surface area contributed by atoms with Crippen molar-refractivity contribution in [2.24, 2.45) is 0 Å². The predicted molar refractivity (Wildman–Crippen MR) is 76.4 cm³/mol. The molecule has 0 aliphatic rings. The quantitative estimate of drug-likeness (QED) is 0.568. The van der Waals surface area contributed by atoms with E-state index in [-0.39, 0.29) is 5.78 Å². The summed E-state index contributed by atoms with van der Waals surface area (Å²) >= 11 is 0. The van der Waals surface area contributed by atoms with E-state index >= 15 is 0 Å². The van der Waals surface area contributed by atoms with E-state index in [0.717, 1.165) is 16.7 Å². The Kier molecular flexibility index (Phi) is 3.73. The van der Waals surface area contributed by atoms with E-state index in [0.29, 0.717) is 0 Å². The number of allylic oxidation sites excluding steroid dienone is 1. The predicted octanol–water partition coefficient (Wildman–Crippen LogP) is 4.45. The van der Waals surface area contributed by atoms with Gasteiger partial charge in [-0.3, -0.25) is 4.79 Å². The lowest BCUT2D eigenvalue weighted by Crippen LogP contribution is -1.95. The fourth-order valence-corrected chi connectivity index (χ4v) is 1.96. The highest BCUT2D eigenvalue weighted by Gasteiger charge is 2.04. The molecule has 0 heterocycles. The van der Waals surface area contributed by atoms with Crippen LogP contribution in [-0.4, -0.2) is 5.78 Å². The number of hydrogen-bond acceptors (Lipinski definition) is 1. The van der Waals surface area contributed by atoms with Crippen LogP contribution in [0.15, 0.2) is 54.6 Å². The van der Waals surface area contributed by atoms with Crippen molar-refractivity contribution in [1.82, 2.24) is 0 Å². The van der Waals surface area contributed by atoms with Gasteiger partial charge >= 0.3 is 0 Å². The molecule has 0 fully saturated rings. The summed E-state index contributed by atoms with van der Waals surface area (Å²) in [6.45, 7) is 3.66. The summed E-state index contributed by atoms with van der Waals surface area (Å²) in [5.74, 6) is 0.0997. The van der Waals surface area contributed by atoms with Crippen molar-refractivity contribution in [3.8, 4) is 0 Å². The van der Waals surface area contributed by atoms with E-state index in [2.05, 4.69) is 25.1 Å². The molecule has 1 nitrogen and oxygen atoms in total. The Morgan fingerprint density at radius 1 is 0.889 bits per heavy atom. The molecule has 0 radical (unpaired) electrons. The molecule has 0 N–H and O–H groups in total. The second kappa shape index (κ2) is 5.46. The largest absolute Gasteiger partial charge is 0.294 e. The van der Waals surface area contributed by atoms with E-state index in [1.807, 2.05) is 42.5 Å². The smallest absolute Gasteiger partial charge is 0.160 e. The third-order valence-corrected chi connectivity index (χ3v) is 2.94. The molecule has 0 amide bonds. The lowest BCUT2D eigenvalue weighted by molar-refractivity contribution is 0.101. The van der Waals surface area contributed by atoms with Crippen LogP contribution in [0.5, 0.6) is 0 Å². The first-order chi connectivity index (χ1) is 8.68. The average molecular weight is 236 g/mol. The fourth-order valence-electron chi connectivity index (χ4n) is 1.96. The van der Waals surface area contributed by atoms with E-state index in [4.69, 9.17) is 0 Å². The summed E-state index contributed by atoms with van der Waals surface area (Å²) in [4.78, 5) is 11.6. The van der Waals surface area contributed by atoms with Crippen molar-refractivity contribution < 1.29 is 4.79 Å². The summed E-state index contributed by atoms with van der Waals surface area (Å²) in [6.07, 6.45) is 2.06. The first-order valence-corrected chi connectivity index (χ1v) is 6.02. The van der Waals surface area contributed by atoms with Crippen LogP contribution in [0.2, 0.25) is 0 Å². The Balaban J connectivity index is 2.42. The summed E-state index contributed by atoms with van der Waals surface area (Å²) in [7, 11) is 0. The maximum atomic E-state index is 11.6. The van der Waals surface area contributed by atoms with Gasteiger partial charge in [0, 0.05) is 5.56 Å². The Bertz CT molecular complexity index is 580. The van der Waals surface area contributed by atoms with Crippen molar-refractivity contribution in [2.45, 2.75) is 13.8 Å². The third kappa shape index (κ3) is 2.75. The molecule has 0 bridgehead atoms. The van der Waals surface area contributed by atoms with Crippen LogP contribution < -0.4 is 0 Å². The molecule has 0 atom stereocenters. The third-order valence-electron chi connectivity index (χ3n) is 2.94. The highest BCUT2D eigenvalue weighted by Crippen LogP contribution is 2.19. The maximum Gasteiger partial charge on any atom is 0.160 e. The molecular weight excluding hydrogens is 220 g/mol. The van der Waals surface area contributed by atoms with Crippen LogP contribution in [0.25, 0.3) is 11.6 Å². The molecule has 0 aliphatic heterocycles. The van der Waals surface area contributed by atoms with Crippen molar-refractivity contribution >= 4 is 17.4 Å². The molecule has 0 aromatic heterocycles. The maximum absolute atomic E-state index is 11.6. The highest BCUT2D eigenvalue weighted by molar-refractivity contribution is 5.99. The van der Waals surface area contributed by atoms with Gasteiger partial charge in [0.15, 0.2) is 5.78 Å². The van der Waals surface area contributed by atoms with Crippen molar-refractivity contribution in [3.05, 3.63) is 71.3 Å². The fraction of sp³-hybridized carbons (Fsp3) is 0.118. The first-order valence-electron chi connectivity index (χ1n) is 6.02. The van der Waals surface area contributed by atoms with Gasteiger partial charge < -0.3 is 0 Å². The molecule has 2 aromatic rings. The molecule has 0 saturated carbocycles. The second-order valence-electron chi connectivity index (χ2n) is 4.34. The Hall–Kier alpha value is -2.15. The van der Waals surface area contributed by atoms with Gasteiger partial charge in [0.2, 0.25) is 0 Å². The minimum absolute atomic E-state index is 0.0997. The van der Waals surface area contributed by atoms with Gasteiger partial charge in [0.05, 0.1) is 0 Å². The molecule has 0 aliphatic carbocycles. The zero-order valence-electron chi connectivity index (χ0n) is 10.7. The van der Waals surface area contributed by atoms with Gasteiger partial charge in [-0.2, -0.15) is 0 Å². The second-order valence-corrected chi connectivity index (χ2v) is 4.34. The standard InChI is InChI=1S/C17H16O/c1-13(15-8-4-3-5-9-15)12-16-10-6-7-11-17(16)14(2)18/h3-12H,1-2H3/b13-12-. The van der Waals surface area contributed by atoms with Crippen LogP contribution in [0.1, 0.15) is 35.3 Å². The SMILES string of the molecule is CC(=O)c1ccccc1/C=C(/C)c1ccccc1. The zero-order valence-corrected chi connectivity index (χ0v) is 10.7. The Morgan fingerprint density at radius 3 is 2.17 bits per heavy atom. The van der Waals surface area contributed by atoms with Crippen LogP contribution in [-0.2, 0) is 0 Å². The Labute approximate surface area is 108 Å². The molecule has 0 spiro atoms. The van der Waals surface area contributed by atoms with E-state index in [1.165, 1.54) is 5.56 Å². The first kappa shape index (κ1) is 12.3. The molecule has 2 aromatic carbocycles. The lowest BCUT2D eigenvalue weighted by atomic mass is 9.99. The van der Waals surface area contributed by atoms with Crippen LogP contribution in [0.3, 0.4) is 0 Å². The van der Waals surface area contributed by atoms with Gasteiger partial charge in [-0.15, -0.1) is 0 Å². The van der Waals surface area contributed by atoms with Crippen LogP contribution in [0.4, 0.5) is 0 Å². The lowest BCUT2D eigenvalue weighted by Gasteiger charge is -2.05. The average Bonchev–Trinajstić information content (AvgIpc) is 2.40. The number of hydrogen-bond donors (Lipinski definition) is 0. The topological polar surface area (TPSA) is 17.1 Å².